The number of nitrogens with one attached hydrogen (secondary N) is 1. The van der Waals surface area contributed by atoms with Gasteiger partial charge in [0, 0.05) is 11.8 Å². The fraction of sp³-hybridized carbons (Fsp3) is 0.0588. The summed E-state index contributed by atoms with van der Waals surface area (Å²) in [6, 6.07) is 14.9. The zero-order valence-electron chi connectivity index (χ0n) is 13.1. The van der Waals surface area contributed by atoms with Gasteiger partial charge in [-0.2, -0.15) is 8.42 Å². The van der Waals surface area contributed by atoms with Gasteiger partial charge in [-0.15, -0.1) is 0 Å². The molecule has 1 aromatic heterocycles. The largest absolute Gasteiger partial charge is 0.494 e. The highest BCUT2D eigenvalue weighted by Crippen LogP contribution is 2.37. The molecule has 130 valence electrons. The van der Waals surface area contributed by atoms with Crippen LogP contribution in [-0.4, -0.2) is 20.2 Å². The van der Waals surface area contributed by atoms with Gasteiger partial charge in [-0.1, -0.05) is 41.4 Å². The first kappa shape index (κ1) is 17.7. The van der Waals surface area contributed by atoms with Crippen LogP contribution in [0.15, 0.2) is 65.7 Å². The van der Waals surface area contributed by atoms with Crippen LogP contribution in [0.3, 0.4) is 0 Å². The third-order valence-corrected chi connectivity index (χ3v) is 5.41. The van der Waals surface area contributed by atoms with Gasteiger partial charge in [0.1, 0.15) is 0 Å². The molecule has 0 saturated carbocycles. The van der Waals surface area contributed by atoms with Gasteiger partial charge in [0.2, 0.25) is 0 Å². The number of sulfonamides is 1. The van der Waals surface area contributed by atoms with Crippen molar-refractivity contribution in [2.75, 3.05) is 11.9 Å². The summed E-state index contributed by atoms with van der Waals surface area (Å²) in [6.07, 6.45) is 1.60. The minimum absolute atomic E-state index is 0.167. The molecule has 0 saturated heterocycles. The third-order valence-electron chi connectivity index (χ3n) is 3.52. The van der Waals surface area contributed by atoms with Crippen molar-refractivity contribution in [2.24, 2.45) is 0 Å². The van der Waals surface area contributed by atoms with Gasteiger partial charge in [-0.05, 0) is 36.4 Å². The molecular weight excluding hydrogens is 383 g/mol. The van der Waals surface area contributed by atoms with Gasteiger partial charge in [0.15, 0.2) is 5.75 Å². The number of halogens is 2. The number of hydrogen-bond acceptors (Lipinski definition) is 3. The van der Waals surface area contributed by atoms with E-state index in [0.29, 0.717) is 27.1 Å². The quantitative estimate of drug-likeness (QED) is 0.694. The third kappa shape index (κ3) is 3.61. The number of benzene rings is 2. The second kappa shape index (κ2) is 7.00. The van der Waals surface area contributed by atoms with Crippen molar-refractivity contribution in [1.29, 1.82) is 0 Å². The highest BCUT2D eigenvalue weighted by Gasteiger charge is 2.17. The molecule has 1 N–H and O–H groups in total. The zero-order chi connectivity index (χ0) is 18.0. The van der Waals surface area contributed by atoms with E-state index in [1.54, 1.807) is 48.7 Å². The number of aromatic nitrogens is 1. The maximum atomic E-state index is 12.5. The topological polar surface area (TPSA) is 60.3 Å². The van der Waals surface area contributed by atoms with E-state index in [0.717, 1.165) is 0 Å². The standard InChI is InChI=1S/C17H14Cl2N2O3S/c1-24-17-14(18)10-12(11-15(17)19)16-8-5-9-21(16)20-25(22,23)13-6-3-2-4-7-13/h2-11,20H,1H3. The molecule has 0 aliphatic heterocycles. The molecule has 5 nitrogen and oxygen atoms in total. The van der Waals surface area contributed by atoms with Crippen molar-refractivity contribution in [3.05, 3.63) is 70.8 Å². The van der Waals surface area contributed by atoms with Crippen molar-refractivity contribution in [3.8, 4) is 17.0 Å². The summed E-state index contributed by atoms with van der Waals surface area (Å²) < 4.78 is 31.6. The van der Waals surface area contributed by atoms with Gasteiger partial charge in [0.25, 0.3) is 10.0 Å². The summed E-state index contributed by atoms with van der Waals surface area (Å²) in [5.74, 6) is 0.370. The Hall–Kier alpha value is -2.15. The van der Waals surface area contributed by atoms with E-state index in [-0.39, 0.29) is 4.90 Å². The molecule has 0 atom stereocenters. The molecule has 0 bridgehead atoms. The highest BCUT2D eigenvalue weighted by molar-refractivity contribution is 7.92. The molecule has 0 spiro atoms. The predicted octanol–water partition coefficient (Wildman–Crippen LogP) is 4.40. The summed E-state index contributed by atoms with van der Waals surface area (Å²) in [5, 5.41) is 0.673. The Morgan fingerprint density at radius 3 is 2.24 bits per heavy atom. The Kier molecular flexibility index (Phi) is 4.94. The van der Waals surface area contributed by atoms with Crippen molar-refractivity contribution in [3.63, 3.8) is 0 Å². The van der Waals surface area contributed by atoms with Gasteiger partial charge < -0.3 is 4.74 Å². The van der Waals surface area contributed by atoms with Crippen LogP contribution in [0.4, 0.5) is 0 Å². The molecule has 1 heterocycles. The highest BCUT2D eigenvalue weighted by atomic mass is 35.5. The summed E-state index contributed by atoms with van der Waals surface area (Å²) >= 11 is 12.4. The van der Waals surface area contributed by atoms with E-state index in [4.69, 9.17) is 27.9 Å². The number of rotatable bonds is 5. The second-order valence-electron chi connectivity index (χ2n) is 5.14. The van der Waals surface area contributed by atoms with E-state index in [9.17, 15) is 8.42 Å². The van der Waals surface area contributed by atoms with Crippen LogP contribution in [0.5, 0.6) is 5.75 Å². The van der Waals surface area contributed by atoms with Crippen LogP contribution < -0.4 is 9.57 Å². The number of ether oxygens (including phenoxy) is 1. The maximum Gasteiger partial charge on any atom is 0.275 e. The average Bonchev–Trinajstić information content (AvgIpc) is 3.03. The zero-order valence-corrected chi connectivity index (χ0v) is 15.4. The lowest BCUT2D eigenvalue weighted by Gasteiger charge is -2.14. The summed E-state index contributed by atoms with van der Waals surface area (Å²) in [6.45, 7) is 0. The van der Waals surface area contributed by atoms with E-state index in [1.807, 2.05) is 0 Å². The van der Waals surface area contributed by atoms with Crippen molar-refractivity contribution >= 4 is 33.2 Å². The van der Waals surface area contributed by atoms with Crippen LogP contribution >= 0.6 is 23.2 Å². The lowest BCUT2D eigenvalue weighted by atomic mass is 10.1. The van der Waals surface area contributed by atoms with E-state index >= 15 is 0 Å². The maximum absolute atomic E-state index is 12.5. The van der Waals surface area contributed by atoms with Crippen molar-refractivity contribution in [1.82, 2.24) is 4.68 Å². The summed E-state index contributed by atoms with van der Waals surface area (Å²) in [4.78, 5) is 2.69. The Balaban J connectivity index is 2.00. The number of hydrogen-bond donors (Lipinski definition) is 1. The van der Waals surface area contributed by atoms with E-state index in [2.05, 4.69) is 4.83 Å². The van der Waals surface area contributed by atoms with Gasteiger partial charge in [-0.3, -0.25) is 4.68 Å². The van der Waals surface area contributed by atoms with Crippen LogP contribution in [0, 0.1) is 0 Å². The molecule has 2 aromatic carbocycles. The summed E-state index contributed by atoms with van der Waals surface area (Å²) in [5.41, 5.74) is 1.24. The molecule has 0 radical (unpaired) electrons. The van der Waals surface area contributed by atoms with Crippen LogP contribution in [0.25, 0.3) is 11.3 Å². The first-order chi connectivity index (χ1) is 11.9. The molecule has 0 unspecified atom stereocenters. The van der Waals surface area contributed by atoms with Crippen LogP contribution in [0.1, 0.15) is 0 Å². The second-order valence-corrected chi connectivity index (χ2v) is 7.62. The number of methoxy groups -OCH3 is 1. The molecule has 8 heteroatoms. The molecule has 3 rings (SSSR count). The lowest BCUT2D eigenvalue weighted by molar-refractivity contribution is 0.415. The minimum Gasteiger partial charge on any atom is -0.494 e. The lowest BCUT2D eigenvalue weighted by Crippen LogP contribution is -2.23. The molecule has 0 fully saturated rings. The van der Waals surface area contributed by atoms with Crippen molar-refractivity contribution < 1.29 is 13.2 Å². The normalized spacial score (nSPS) is 11.3. The summed E-state index contributed by atoms with van der Waals surface area (Å²) in [7, 11) is -2.25. The van der Waals surface area contributed by atoms with E-state index < -0.39 is 10.0 Å². The minimum atomic E-state index is -3.72. The van der Waals surface area contributed by atoms with Crippen LogP contribution in [0.2, 0.25) is 10.0 Å². The van der Waals surface area contributed by atoms with E-state index in [1.165, 1.54) is 23.9 Å². The van der Waals surface area contributed by atoms with Gasteiger partial charge >= 0.3 is 0 Å². The molecular formula is C17H14Cl2N2O3S. The average molecular weight is 397 g/mol. The fourth-order valence-electron chi connectivity index (χ4n) is 2.38. The first-order valence-corrected chi connectivity index (χ1v) is 9.45. The molecule has 3 aromatic rings. The fourth-order valence-corrected chi connectivity index (χ4v) is 4.06. The molecule has 0 amide bonds. The van der Waals surface area contributed by atoms with Gasteiger partial charge in [-0.25, -0.2) is 4.83 Å². The molecule has 0 aliphatic carbocycles. The predicted molar refractivity (Wildman–Crippen MR) is 99.4 cm³/mol. The van der Waals surface area contributed by atoms with Crippen LogP contribution in [-0.2, 0) is 10.0 Å². The Labute approximate surface area is 155 Å². The number of nitrogens with zero attached hydrogens (tertiary/aromatic N) is 1. The monoisotopic (exact) mass is 396 g/mol. The Bertz CT molecular complexity index is 979. The smallest absolute Gasteiger partial charge is 0.275 e. The molecule has 25 heavy (non-hydrogen) atoms. The first-order valence-electron chi connectivity index (χ1n) is 7.21. The SMILES string of the molecule is COc1c(Cl)cc(-c2cccn2NS(=O)(=O)c2ccccc2)cc1Cl. The van der Waals surface area contributed by atoms with Crippen molar-refractivity contribution in [2.45, 2.75) is 4.90 Å². The van der Waals surface area contributed by atoms with Gasteiger partial charge in [0.05, 0.1) is 27.7 Å². The Morgan fingerprint density at radius 1 is 1.00 bits per heavy atom. The Morgan fingerprint density at radius 2 is 1.64 bits per heavy atom. The molecule has 0 aliphatic rings.